The fourth-order valence-electron chi connectivity index (χ4n) is 2.78. The molecule has 3 rings (SSSR count). The zero-order chi connectivity index (χ0) is 18.7. The third kappa shape index (κ3) is 3.80. The number of hydrogen-bond donors (Lipinski definition) is 3. The van der Waals surface area contributed by atoms with Crippen molar-refractivity contribution in [1.29, 1.82) is 0 Å². The van der Waals surface area contributed by atoms with Gasteiger partial charge in [0, 0.05) is 18.0 Å². The summed E-state index contributed by atoms with van der Waals surface area (Å²) in [6, 6.07) is 15.7. The summed E-state index contributed by atoms with van der Waals surface area (Å²) in [5, 5.41) is 6.83. The van der Waals surface area contributed by atoms with Crippen molar-refractivity contribution < 1.29 is 9.59 Å². The van der Waals surface area contributed by atoms with E-state index in [1.807, 2.05) is 19.1 Å². The van der Waals surface area contributed by atoms with Gasteiger partial charge in [-0.1, -0.05) is 30.3 Å². The highest BCUT2D eigenvalue weighted by Gasteiger charge is 2.14. The molecule has 2 amide bonds. The van der Waals surface area contributed by atoms with E-state index in [2.05, 4.69) is 15.6 Å². The quantitative estimate of drug-likeness (QED) is 0.676. The topological polar surface area (TPSA) is 91.1 Å². The van der Waals surface area contributed by atoms with Crippen LogP contribution in [0.15, 0.2) is 59.4 Å². The standard InChI is InChI=1S/C20H19N3O3/c1-12(14-7-5-8-16(10-14)22-13(2)24)21-20(26)18-11-15-6-3-4-9-17(15)19(25)23-18/h3-12H,1-2H3,(H,21,26)(H,22,24)(H,23,25). The average Bonchev–Trinajstić information content (AvgIpc) is 2.61. The first-order valence-electron chi connectivity index (χ1n) is 8.24. The van der Waals surface area contributed by atoms with Gasteiger partial charge in [0.25, 0.3) is 11.5 Å². The molecule has 0 spiro atoms. The van der Waals surface area contributed by atoms with Crippen LogP contribution in [0.2, 0.25) is 0 Å². The Morgan fingerprint density at radius 3 is 2.58 bits per heavy atom. The Labute approximate surface area is 150 Å². The van der Waals surface area contributed by atoms with Crippen molar-refractivity contribution in [2.75, 3.05) is 5.32 Å². The van der Waals surface area contributed by atoms with Gasteiger partial charge in [-0.15, -0.1) is 0 Å². The smallest absolute Gasteiger partial charge is 0.268 e. The third-order valence-corrected chi connectivity index (χ3v) is 4.05. The second kappa shape index (κ2) is 7.23. The van der Waals surface area contributed by atoms with Crippen LogP contribution in [0, 0.1) is 0 Å². The Morgan fingerprint density at radius 1 is 1.04 bits per heavy atom. The van der Waals surface area contributed by atoms with E-state index in [9.17, 15) is 14.4 Å². The first-order chi connectivity index (χ1) is 12.4. The molecule has 1 atom stereocenters. The zero-order valence-corrected chi connectivity index (χ0v) is 14.5. The van der Waals surface area contributed by atoms with E-state index in [0.29, 0.717) is 16.5 Å². The number of amides is 2. The van der Waals surface area contributed by atoms with Crippen LogP contribution < -0.4 is 16.2 Å². The number of nitrogens with one attached hydrogen (secondary N) is 3. The number of fused-ring (bicyclic) bond motifs is 1. The highest BCUT2D eigenvalue weighted by molar-refractivity contribution is 5.96. The maximum absolute atomic E-state index is 12.5. The van der Waals surface area contributed by atoms with Crippen molar-refractivity contribution in [3.05, 3.63) is 76.2 Å². The van der Waals surface area contributed by atoms with Crippen LogP contribution in [0.1, 0.15) is 35.9 Å². The second-order valence-electron chi connectivity index (χ2n) is 6.10. The van der Waals surface area contributed by atoms with E-state index < -0.39 is 0 Å². The summed E-state index contributed by atoms with van der Waals surface area (Å²) in [6.07, 6.45) is 0. The molecule has 3 aromatic rings. The molecule has 0 bridgehead atoms. The summed E-state index contributed by atoms with van der Waals surface area (Å²) in [7, 11) is 0. The number of rotatable bonds is 4. The molecule has 0 saturated carbocycles. The van der Waals surface area contributed by atoms with Crippen LogP contribution in [-0.4, -0.2) is 16.8 Å². The lowest BCUT2D eigenvalue weighted by molar-refractivity contribution is -0.114. The van der Waals surface area contributed by atoms with Gasteiger partial charge in [-0.3, -0.25) is 14.4 Å². The number of aromatic amines is 1. The lowest BCUT2D eigenvalue weighted by Crippen LogP contribution is -2.29. The van der Waals surface area contributed by atoms with Crippen molar-refractivity contribution >= 4 is 28.3 Å². The van der Waals surface area contributed by atoms with Gasteiger partial charge in [0.05, 0.1) is 6.04 Å². The molecule has 6 nitrogen and oxygen atoms in total. The Morgan fingerprint density at radius 2 is 1.81 bits per heavy atom. The largest absolute Gasteiger partial charge is 0.344 e. The Kier molecular flexibility index (Phi) is 4.84. The fourth-order valence-corrected chi connectivity index (χ4v) is 2.78. The van der Waals surface area contributed by atoms with Gasteiger partial charge in [0.15, 0.2) is 0 Å². The summed E-state index contributed by atoms with van der Waals surface area (Å²) in [4.78, 5) is 38.5. The van der Waals surface area contributed by atoms with Gasteiger partial charge < -0.3 is 15.6 Å². The number of benzene rings is 2. The van der Waals surface area contributed by atoms with Crippen LogP contribution in [-0.2, 0) is 4.79 Å². The van der Waals surface area contributed by atoms with Crippen LogP contribution >= 0.6 is 0 Å². The maximum Gasteiger partial charge on any atom is 0.268 e. The maximum atomic E-state index is 12.5. The molecular weight excluding hydrogens is 330 g/mol. The van der Waals surface area contributed by atoms with E-state index >= 15 is 0 Å². The fraction of sp³-hybridized carbons (Fsp3) is 0.150. The molecule has 0 radical (unpaired) electrons. The number of hydrogen-bond acceptors (Lipinski definition) is 3. The SMILES string of the molecule is CC(=O)Nc1cccc(C(C)NC(=O)c2cc3ccccc3c(=O)[nH]2)c1. The molecule has 0 aliphatic heterocycles. The third-order valence-electron chi connectivity index (χ3n) is 4.05. The molecule has 0 aliphatic rings. The molecule has 1 aromatic heterocycles. The molecule has 132 valence electrons. The molecule has 2 aromatic carbocycles. The lowest BCUT2D eigenvalue weighted by atomic mass is 10.1. The number of H-pyrrole nitrogens is 1. The normalized spacial score (nSPS) is 11.8. The van der Waals surface area contributed by atoms with Crippen molar-refractivity contribution in [3.63, 3.8) is 0 Å². The Bertz CT molecular complexity index is 1040. The molecule has 3 N–H and O–H groups in total. The minimum absolute atomic E-state index is 0.160. The minimum atomic E-state index is -0.370. The average molecular weight is 349 g/mol. The predicted molar refractivity (Wildman–Crippen MR) is 101 cm³/mol. The van der Waals surface area contributed by atoms with Crippen molar-refractivity contribution in [2.24, 2.45) is 0 Å². The van der Waals surface area contributed by atoms with Crippen molar-refractivity contribution in [3.8, 4) is 0 Å². The first kappa shape index (κ1) is 17.4. The monoisotopic (exact) mass is 349 g/mol. The molecule has 1 heterocycles. The summed E-state index contributed by atoms with van der Waals surface area (Å²) in [6.45, 7) is 3.28. The molecule has 26 heavy (non-hydrogen) atoms. The number of aromatic nitrogens is 1. The predicted octanol–water partition coefficient (Wildman–Crippen LogP) is 2.98. The molecule has 1 unspecified atom stereocenters. The summed E-state index contributed by atoms with van der Waals surface area (Å²) >= 11 is 0. The summed E-state index contributed by atoms with van der Waals surface area (Å²) < 4.78 is 0. The van der Waals surface area contributed by atoms with Crippen LogP contribution in [0.3, 0.4) is 0 Å². The molecular formula is C20H19N3O3. The first-order valence-corrected chi connectivity index (χ1v) is 8.24. The van der Waals surface area contributed by atoms with E-state index in [-0.39, 0.29) is 29.1 Å². The summed E-state index contributed by atoms with van der Waals surface area (Å²) in [5.41, 5.74) is 1.41. The molecule has 0 saturated heterocycles. The van der Waals surface area contributed by atoms with Gasteiger partial charge in [-0.05, 0) is 42.1 Å². The number of carbonyl (C=O) groups is 2. The second-order valence-corrected chi connectivity index (χ2v) is 6.10. The minimum Gasteiger partial charge on any atom is -0.344 e. The van der Waals surface area contributed by atoms with E-state index in [0.717, 1.165) is 5.56 Å². The van der Waals surface area contributed by atoms with Crippen LogP contribution in [0.5, 0.6) is 0 Å². The van der Waals surface area contributed by atoms with Gasteiger partial charge in [-0.25, -0.2) is 0 Å². The van der Waals surface area contributed by atoms with E-state index in [4.69, 9.17) is 0 Å². The van der Waals surface area contributed by atoms with Gasteiger partial charge in [0.2, 0.25) is 5.91 Å². The Balaban J connectivity index is 1.81. The number of anilines is 1. The van der Waals surface area contributed by atoms with Crippen LogP contribution in [0.25, 0.3) is 10.8 Å². The molecule has 0 fully saturated rings. The van der Waals surface area contributed by atoms with E-state index in [1.165, 1.54) is 6.92 Å². The van der Waals surface area contributed by atoms with Crippen molar-refractivity contribution in [1.82, 2.24) is 10.3 Å². The Hall–Kier alpha value is -3.41. The number of pyridine rings is 1. The molecule has 0 aliphatic carbocycles. The highest BCUT2D eigenvalue weighted by Crippen LogP contribution is 2.18. The van der Waals surface area contributed by atoms with Gasteiger partial charge in [-0.2, -0.15) is 0 Å². The van der Waals surface area contributed by atoms with Crippen LogP contribution in [0.4, 0.5) is 5.69 Å². The highest BCUT2D eigenvalue weighted by atomic mass is 16.2. The molecule has 6 heteroatoms. The number of carbonyl (C=O) groups excluding carboxylic acids is 2. The van der Waals surface area contributed by atoms with E-state index in [1.54, 1.807) is 42.5 Å². The summed E-state index contributed by atoms with van der Waals surface area (Å²) in [5.74, 6) is -0.530. The van der Waals surface area contributed by atoms with Crippen molar-refractivity contribution in [2.45, 2.75) is 19.9 Å². The van der Waals surface area contributed by atoms with Gasteiger partial charge >= 0.3 is 0 Å². The lowest BCUT2D eigenvalue weighted by Gasteiger charge is -2.15. The van der Waals surface area contributed by atoms with Gasteiger partial charge in [0.1, 0.15) is 5.69 Å². The zero-order valence-electron chi connectivity index (χ0n) is 14.5.